The molecule has 0 radical (unpaired) electrons. The van der Waals surface area contributed by atoms with Gasteiger partial charge >= 0.3 is 0 Å². The number of benzene rings is 1. The highest BCUT2D eigenvalue weighted by Gasteiger charge is 2.30. The monoisotopic (exact) mass is 294 g/mol. The van der Waals surface area contributed by atoms with Crippen LogP contribution in [0.5, 0.6) is 0 Å². The normalized spacial score (nSPS) is 15.4. The van der Waals surface area contributed by atoms with Crippen molar-refractivity contribution in [2.24, 2.45) is 0 Å². The summed E-state index contributed by atoms with van der Waals surface area (Å²) >= 11 is 7.42. The molecule has 98 valence electrons. The van der Waals surface area contributed by atoms with Gasteiger partial charge < -0.3 is 10.0 Å². The van der Waals surface area contributed by atoms with Crippen LogP contribution >= 0.6 is 22.9 Å². The van der Waals surface area contributed by atoms with E-state index in [1.165, 1.54) is 11.3 Å². The molecule has 0 aliphatic carbocycles. The molecular formula is C13H11ClN2O2S. The first kappa shape index (κ1) is 12.6. The van der Waals surface area contributed by atoms with Gasteiger partial charge in [0, 0.05) is 18.7 Å². The van der Waals surface area contributed by atoms with Gasteiger partial charge in [0.1, 0.15) is 9.88 Å². The minimum absolute atomic E-state index is 0.0823. The SMILES string of the molecule is O=C(c1cnc(-c2ccccc2Cl)s1)N1CC(O)C1. The van der Waals surface area contributed by atoms with Crippen LogP contribution in [0.3, 0.4) is 0 Å². The van der Waals surface area contributed by atoms with E-state index in [-0.39, 0.29) is 12.0 Å². The zero-order valence-electron chi connectivity index (χ0n) is 9.91. The fourth-order valence-corrected chi connectivity index (χ4v) is 3.11. The number of carbonyl (C=O) groups excluding carboxylic acids is 1. The largest absolute Gasteiger partial charge is 0.389 e. The van der Waals surface area contributed by atoms with Crippen molar-refractivity contribution in [2.75, 3.05) is 13.1 Å². The summed E-state index contributed by atoms with van der Waals surface area (Å²) in [6.07, 6.45) is 1.18. The van der Waals surface area contributed by atoms with Crippen molar-refractivity contribution in [1.29, 1.82) is 0 Å². The number of amides is 1. The van der Waals surface area contributed by atoms with E-state index in [2.05, 4.69) is 4.98 Å². The number of aliphatic hydroxyl groups is 1. The summed E-state index contributed by atoms with van der Waals surface area (Å²) in [5, 5.41) is 10.6. The van der Waals surface area contributed by atoms with Gasteiger partial charge in [0.2, 0.25) is 0 Å². The highest BCUT2D eigenvalue weighted by atomic mass is 35.5. The Kier molecular flexibility index (Phi) is 3.26. The van der Waals surface area contributed by atoms with Crippen molar-refractivity contribution in [1.82, 2.24) is 9.88 Å². The lowest BCUT2D eigenvalue weighted by atomic mass is 10.1. The lowest BCUT2D eigenvalue weighted by Crippen LogP contribution is -2.53. The summed E-state index contributed by atoms with van der Waals surface area (Å²) in [7, 11) is 0. The Morgan fingerprint density at radius 2 is 2.16 bits per heavy atom. The number of carbonyl (C=O) groups is 1. The number of aliphatic hydroxyl groups excluding tert-OH is 1. The van der Waals surface area contributed by atoms with Crippen LogP contribution in [0.25, 0.3) is 10.6 Å². The van der Waals surface area contributed by atoms with Gasteiger partial charge in [-0.15, -0.1) is 11.3 Å². The van der Waals surface area contributed by atoms with Gasteiger partial charge in [0.15, 0.2) is 0 Å². The summed E-state index contributed by atoms with van der Waals surface area (Å²) in [5.41, 5.74) is 0.830. The predicted molar refractivity (Wildman–Crippen MR) is 74.5 cm³/mol. The molecule has 0 spiro atoms. The number of aromatic nitrogens is 1. The number of likely N-dealkylation sites (tertiary alicyclic amines) is 1. The van der Waals surface area contributed by atoms with Gasteiger partial charge in [-0.1, -0.05) is 29.8 Å². The van der Waals surface area contributed by atoms with Crippen molar-refractivity contribution in [3.63, 3.8) is 0 Å². The standard InChI is InChI=1S/C13H11ClN2O2S/c14-10-4-2-1-3-9(10)12-15-5-11(19-12)13(18)16-6-8(17)7-16/h1-5,8,17H,6-7H2. The minimum Gasteiger partial charge on any atom is -0.389 e. The number of thiazole rings is 1. The van der Waals surface area contributed by atoms with Crippen molar-refractivity contribution >= 4 is 28.8 Å². The Morgan fingerprint density at radius 3 is 2.84 bits per heavy atom. The number of hydrogen-bond acceptors (Lipinski definition) is 4. The second kappa shape index (κ2) is 4.92. The Balaban J connectivity index is 1.84. The molecule has 2 heterocycles. The number of rotatable bonds is 2. The van der Waals surface area contributed by atoms with Gasteiger partial charge in [-0.3, -0.25) is 4.79 Å². The van der Waals surface area contributed by atoms with E-state index in [0.717, 1.165) is 10.6 Å². The van der Waals surface area contributed by atoms with Crippen molar-refractivity contribution in [2.45, 2.75) is 6.10 Å². The van der Waals surface area contributed by atoms with E-state index in [9.17, 15) is 9.90 Å². The molecule has 1 aliphatic heterocycles. The van der Waals surface area contributed by atoms with Gasteiger partial charge in [-0.25, -0.2) is 4.98 Å². The van der Waals surface area contributed by atoms with Gasteiger partial charge in [0.25, 0.3) is 5.91 Å². The van der Waals surface area contributed by atoms with Crippen molar-refractivity contribution in [3.05, 3.63) is 40.4 Å². The lowest BCUT2D eigenvalue weighted by molar-refractivity contribution is 0.00621. The van der Waals surface area contributed by atoms with Crippen LogP contribution in [0.1, 0.15) is 9.67 Å². The molecule has 4 nitrogen and oxygen atoms in total. The summed E-state index contributed by atoms with van der Waals surface area (Å²) in [6, 6.07) is 7.41. The molecule has 1 saturated heterocycles. The molecule has 1 amide bonds. The van der Waals surface area contributed by atoms with Crippen LogP contribution < -0.4 is 0 Å². The molecule has 3 rings (SSSR count). The summed E-state index contributed by atoms with van der Waals surface area (Å²) in [6.45, 7) is 0.802. The van der Waals surface area contributed by atoms with Crippen LogP contribution in [0.2, 0.25) is 5.02 Å². The van der Waals surface area contributed by atoms with E-state index in [0.29, 0.717) is 23.0 Å². The van der Waals surface area contributed by atoms with E-state index < -0.39 is 0 Å². The summed E-state index contributed by atoms with van der Waals surface area (Å²) in [4.78, 5) is 18.5. The van der Waals surface area contributed by atoms with Crippen molar-refractivity contribution in [3.8, 4) is 10.6 Å². The molecule has 1 N–H and O–H groups in total. The first-order valence-corrected chi connectivity index (χ1v) is 7.02. The first-order chi connectivity index (χ1) is 9.15. The number of halogens is 1. The maximum absolute atomic E-state index is 12.1. The minimum atomic E-state index is -0.389. The average Bonchev–Trinajstić information content (AvgIpc) is 2.84. The van der Waals surface area contributed by atoms with Gasteiger partial charge in [0.05, 0.1) is 17.3 Å². The molecule has 0 bridgehead atoms. The highest BCUT2D eigenvalue weighted by Crippen LogP contribution is 2.31. The van der Waals surface area contributed by atoms with Crippen LogP contribution in [-0.2, 0) is 0 Å². The second-order valence-electron chi connectivity index (χ2n) is 4.37. The molecule has 0 unspecified atom stereocenters. The van der Waals surface area contributed by atoms with Crippen LogP contribution in [0, 0.1) is 0 Å². The third-order valence-electron chi connectivity index (χ3n) is 2.97. The molecule has 19 heavy (non-hydrogen) atoms. The van der Waals surface area contributed by atoms with E-state index in [1.807, 2.05) is 18.2 Å². The summed E-state index contributed by atoms with van der Waals surface area (Å²) < 4.78 is 0. The number of nitrogens with zero attached hydrogens (tertiary/aromatic N) is 2. The Labute approximate surface area is 119 Å². The summed E-state index contributed by atoms with van der Waals surface area (Å²) in [5.74, 6) is -0.0823. The molecular weight excluding hydrogens is 284 g/mol. The molecule has 0 saturated carbocycles. The fraction of sp³-hybridized carbons (Fsp3) is 0.231. The fourth-order valence-electron chi connectivity index (χ4n) is 1.91. The molecule has 2 aromatic rings. The molecule has 1 aromatic carbocycles. The van der Waals surface area contributed by atoms with Gasteiger partial charge in [-0.2, -0.15) is 0 Å². The van der Waals surface area contributed by atoms with E-state index in [1.54, 1.807) is 17.2 Å². The highest BCUT2D eigenvalue weighted by molar-refractivity contribution is 7.17. The van der Waals surface area contributed by atoms with Crippen LogP contribution in [-0.4, -0.2) is 40.1 Å². The predicted octanol–water partition coefficient (Wildman–Crippen LogP) is 2.28. The topological polar surface area (TPSA) is 53.4 Å². The van der Waals surface area contributed by atoms with E-state index in [4.69, 9.17) is 11.6 Å². The second-order valence-corrected chi connectivity index (χ2v) is 5.81. The quantitative estimate of drug-likeness (QED) is 0.924. The zero-order chi connectivity index (χ0) is 13.4. The van der Waals surface area contributed by atoms with E-state index >= 15 is 0 Å². The molecule has 6 heteroatoms. The Hall–Kier alpha value is -1.43. The number of β-amino-alcohol motifs (C(OH)–C–C–N with tert-alkyl or cyclic N) is 1. The van der Waals surface area contributed by atoms with Crippen LogP contribution in [0.15, 0.2) is 30.5 Å². The maximum atomic E-state index is 12.1. The molecule has 1 fully saturated rings. The third-order valence-corrected chi connectivity index (χ3v) is 4.32. The molecule has 0 atom stereocenters. The first-order valence-electron chi connectivity index (χ1n) is 5.83. The Morgan fingerprint density at radius 1 is 1.42 bits per heavy atom. The maximum Gasteiger partial charge on any atom is 0.265 e. The van der Waals surface area contributed by atoms with Crippen molar-refractivity contribution < 1.29 is 9.90 Å². The smallest absolute Gasteiger partial charge is 0.265 e. The third kappa shape index (κ3) is 2.36. The van der Waals surface area contributed by atoms with Gasteiger partial charge in [-0.05, 0) is 6.07 Å². The zero-order valence-corrected chi connectivity index (χ0v) is 11.5. The lowest BCUT2D eigenvalue weighted by Gasteiger charge is -2.35. The van der Waals surface area contributed by atoms with Crippen LogP contribution in [0.4, 0.5) is 0 Å². The molecule has 1 aliphatic rings. The number of hydrogen-bond donors (Lipinski definition) is 1. The Bertz CT molecular complexity index is 623. The molecule has 1 aromatic heterocycles. The average molecular weight is 295 g/mol.